The summed E-state index contributed by atoms with van der Waals surface area (Å²) in [6.07, 6.45) is 6.71. The van der Waals surface area contributed by atoms with Crippen molar-refractivity contribution in [3.05, 3.63) is 91.1 Å². The normalized spacial score (nSPS) is 10.8. The summed E-state index contributed by atoms with van der Waals surface area (Å²) in [4.78, 5) is 12.0. The van der Waals surface area contributed by atoms with E-state index in [1.165, 1.54) is 36.9 Å². The van der Waals surface area contributed by atoms with Gasteiger partial charge >= 0.3 is 0 Å². The molecule has 4 rings (SSSR count). The molecule has 3 nitrogen and oxygen atoms in total. The maximum Gasteiger partial charge on any atom is 0.0899 e. The molecule has 0 saturated heterocycles. The van der Waals surface area contributed by atoms with E-state index >= 15 is 0 Å². The lowest BCUT2D eigenvalue weighted by atomic mass is 10.0. The molecule has 0 saturated carbocycles. The van der Waals surface area contributed by atoms with Gasteiger partial charge in [-0.15, -0.1) is 0 Å². The summed E-state index contributed by atoms with van der Waals surface area (Å²) in [5, 5.41) is 0. The average molecular weight is 436 g/mol. The standard InChI is InChI=1S/C30H33N3/c1-3-5-20-33(21-6-4-2)27-17-15-24(16-18-27)26-22-29(25-12-8-7-9-13-25)32-30(23-26)28-14-10-11-19-31-28/h7-19,22-23H,3-6,20-21H2,1-2H3. The molecule has 0 amide bonds. The molecule has 2 heterocycles. The van der Waals surface area contributed by atoms with Crippen LogP contribution in [0.4, 0.5) is 5.69 Å². The van der Waals surface area contributed by atoms with Crippen molar-refractivity contribution in [3.63, 3.8) is 0 Å². The van der Waals surface area contributed by atoms with Gasteiger partial charge in [0.2, 0.25) is 0 Å². The summed E-state index contributed by atoms with van der Waals surface area (Å²) in [7, 11) is 0. The molecule has 33 heavy (non-hydrogen) atoms. The second-order valence-electron chi connectivity index (χ2n) is 8.45. The Bertz CT molecular complexity index is 1060. The Morgan fingerprint density at radius 1 is 0.606 bits per heavy atom. The fourth-order valence-electron chi connectivity index (χ4n) is 4.03. The Hall–Kier alpha value is -3.46. The smallest absolute Gasteiger partial charge is 0.0899 e. The summed E-state index contributed by atoms with van der Waals surface area (Å²) >= 11 is 0. The average Bonchev–Trinajstić information content (AvgIpc) is 2.90. The van der Waals surface area contributed by atoms with Gasteiger partial charge in [0.1, 0.15) is 0 Å². The third kappa shape index (κ3) is 5.87. The van der Waals surface area contributed by atoms with Crippen molar-refractivity contribution in [2.24, 2.45) is 0 Å². The van der Waals surface area contributed by atoms with Crippen LogP contribution in [0.3, 0.4) is 0 Å². The van der Waals surface area contributed by atoms with E-state index in [0.29, 0.717) is 0 Å². The van der Waals surface area contributed by atoms with Gasteiger partial charge in [0.15, 0.2) is 0 Å². The first-order chi connectivity index (χ1) is 16.3. The van der Waals surface area contributed by atoms with Gasteiger partial charge in [-0.3, -0.25) is 4.98 Å². The molecular formula is C30H33N3. The van der Waals surface area contributed by atoms with Crippen molar-refractivity contribution in [1.29, 1.82) is 0 Å². The Morgan fingerprint density at radius 3 is 1.91 bits per heavy atom. The monoisotopic (exact) mass is 435 g/mol. The number of hydrogen-bond acceptors (Lipinski definition) is 3. The first-order valence-corrected chi connectivity index (χ1v) is 12.1. The van der Waals surface area contributed by atoms with E-state index in [1.54, 1.807) is 0 Å². The lowest BCUT2D eigenvalue weighted by Crippen LogP contribution is -2.25. The highest BCUT2D eigenvalue weighted by atomic mass is 15.1. The first-order valence-electron chi connectivity index (χ1n) is 12.1. The van der Waals surface area contributed by atoms with Gasteiger partial charge in [0, 0.05) is 30.5 Å². The van der Waals surface area contributed by atoms with Crippen molar-refractivity contribution in [1.82, 2.24) is 9.97 Å². The van der Waals surface area contributed by atoms with E-state index in [-0.39, 0.29) is 0 Å². The van der Waals surface area contributed by atoms with Crippen LogP contribution in [0.1, 0.15) is 39.5 Å². The number of hydrogen-bond donors (Lipinski definition) is 0. The van der Waals surface area contributed by atoms with Gasteiger partial charge < -0.3 is 4.90 Å². The second kappa shape index (κ2) is 11.4. The van der Waals surface area contributed by atoms with Crippen LogP contribution in [-0.2, 0) is 0 Å². The lowest BCUT2D eigenvalue weighted by Gasteiger charge is -2.25. The number of anilines is 1. The number of benzene rings is 2. The molecule has 2 aromatic heterocycles. The topological polar surface area (TPSA) is 29.0 Å². The molecular weight excluding hydrogens is 402 g/mol. The van der Waals surface area contributed by atoms with E-state index in [0.717, 1.165) is 41.3 Å². The van der Waals surface area contributed by atoms with Gasteiger partial charge in [-0.05, 0) is 60.4 Å². The molecule has 0 bridgehead atoms. The molecule has 0 fully saturated rings. The Kier molecular flexibility index (Phi) is 7.86. The first kappa shape index (κ1) is 22.7. The largest absolute Gasteiger partial charge is 0.372 e. The Morgan fingerprint density at radius 2 is 1.27 bits per heavy atom. The van der Waals surface area contributed by atoms with Crippen molar-refractivity contribution < 1.29 is 0 Å². The minimum atomic E-state index is 0.887. The van der Waals surface area contributed by atoms with E-state index < -0.39 is 0 Å². The molecule has 3 heteroatoms. The number of unbranched alkanes of at least 4 members (excludes halogenated alkanes) is 2. The molecule has 0 aliphatic heterocycles. The summed E-state index contributed by atoms with van der Waals surface area (Å²) in [6, 6.07) is 29.7. The van der Waals surface area contributed by atoms with Crippen LogP contribution in [0.15, 0.2) is 91.1 Å². The van der Waals surface area contributed by atoms with Crippen LogP contribution in [0.2, 0.25) is 0 Å². The van der Waals surface area contributed by atoms with Crippen molar-refractivity contribution in [3.8, 4) is 33.8 Å². The lowest BCUT2D eigenvalue weighted by molar-refractivity contribution is 0.678. The van der Waals surface area contributed by atoms with Crippen molar-refractivity contribution in [2.45, 2.75) is 39.5 Å². The van der Waals surface area contributed by atoms with E-state index in [4.69, 9.17) is 4.98 Å². The highest BCUT2D eigenvalue weighted by Gasteiger charge is 2.11. The second-order valence-corrected chi connectivity index (χ2v) is 8.45. The number of pyridine rings is 2. The maximum absolute atomic E-state index is 4.94. The molecule has 0 radical (unpaired) electrons. The van der Waals surface area contributed by atoms with Gasteiger partial charge in [0.05, 0.1) is 17.1 Å². The molecule has 0 spiro atoms. The fraction of sp³-hybridized carbons (Fsp3) is 0.267. The van der Waals surface area contributed by atoms with Gasteiger partial charge in [-0.1, -0.05) is 75.2 Å². The van der Waals surface area contributed by atoms with Gasteiger partial charge in [-0.2, -0.15) is 0 Å². The van der Waals surface area contributed by atoms with Crippen LogP contribution in [0.5, 0.6) is 0 Å². The molecule has 0 N–H and O–H groups in total. The highest BCUT2D eigenvalue weighted by Crippen LogP contribution is 2.30. The molecule has 168 valence electrons. The summed E-state index contributed by atoms with van der Waals surface area (Å²) < 4.78 is 0. The molecule has 0 atom stereocenters. The predicted molar refractivity (Wildman–Crippen MR) is 140 cm³/mol. The maximum atomic E-state index is 4.94. The van der Waals surface area contributed by atoms with Crippen molar-refractivity contribution >= 4 is 5.69 Å². The summed E-state index contributed by atoms with van der Waals surface area (Å²) in [5.74, 6) is 0. The van der Waals surface area contributed by atoms with E-state index in [2.05, 4.69) is 84.4 Å². The predicted octanol–water partition coefficient (Wildman–Crippen LogP) is 7.88. The van der Waals surface area contributed by atoms with Crippen LogP contribution in [-0.4, -0.2) is 23.1 Å². The zero-order chi connectivity index (χ0) is 22.9. The van der Waals surface area contributed by atoms with Crippen LogP contribution >= 0.6 is 0 Å². The summed E-state index contributed by atoms with van der Waals surface area (Å²) in [5.41, 5.74) is 7.51. The SMILES string of the molecule is CCCCN(CCCC)c1ccc(-c2cc(-c3ccccc3)nc(-c3ccccn3)c2)cc1. The van der Waals surface area contributed by atoms with Crippen molar-refractivity contribution in [2.75, 3.05) is 18.0 Å². The minimum absolute atomic E-state index is 0.887. The van der Waals surface area contributed by atoms with Crippen LogP contribution in [0, 0.1) is 0 Å². The van der Waals surface area contributed by atoms with Gasteiger partial charge in [-0.25, -0.2) is 4.98 Å². The van der Waals surface area contributed by atoms with E-state index in [1.807, 2.05) is 30.5 Å². The summed E-state index contributed by atoms with van der Waals surface area (Å²) in [6.45, 7) is 6.75. The third-order valence-electron chi connectivity index (χ3n) is 5.95. The zero-order valence-electron chi connectivity index (χ0n) is 19.7. The zero-order valence-corrected chi connectivity index (χ0v) is 19.7. The Labute approximate surface area is 198 Å². The molecule has 0 aliphatic rings. The highest BCUT2D eigenvalue weighted by molar-refractivity contribution is 5.76. The Balaban J connectivity index is 1.70. The van der Waals surface area contributed by atoms with Crippen LogP contribution in [0.25, 0.3) is 33.8 Å². The minimum Gasteiger partial charge on any atom is -0.372 e. The quantitative estimate of drug-likeness (QED) is 0.254. The van der Waals surface area contributed by atoms with Gasteiger partial charge in [0.25, 0.3) is 0 Å². The molecule has 0 aliphatic carbocycles. The molecule has 0 unspecified atom stereocenters. The number of rotatable bonds is 10. The fourth-order valence-corrected chi connectivity index (χ4v) is 4.03. The number of aromatic nitrogens is 2. The third-order valence-corrected chi connectivity index (χ3v) is 5.95. The molecule has 2 aromatic carbocycles. The molecule has 4 aromatic rings. The number of nitrogens with zero attached hydrogens (tertiary/aromatic N) is 3. The van der Waals surface area contributed by atoms with E-state index in [9.17, 15) is 0 Å². The van der Waals surface area contributed by atoms with Crippen LogP contribution < -0.4 is 4.90 Å².